The topological polar surface area (TPSA) is 112 Å². The van der Waals surface area contributed by atoms with E-state index in [1.54, 1.807) is 30.2 Å². The number of fused-ring (bicyclic) bond motifs is 3. The van der Waals surface area contributed by atoms with Crippen LogP contribution in [0.15, 0.2) is 49.4 Å². The summed E-state index contributed by atoms with van der Waals surface area (Å²) in [6.07, 6.45) is 4.23. The van der Waals surface area contributed by atoms with Gasteiger partial charge in [0.15, 0.2) is 11.6 Å². The smallest absolute Gasteiger partial charge is 0.322 e. The van der Waals surface area contributed by atoms with Gasteiger partial charge in [-0.25, -0.2) is 24.3 Å². The highest BCUT2D eigenvalue weighted by atomic mass is 19.1. The molecule has 2 N–H and O–H groups in total. The number of hydrogen-bond acceptors (Lipinski definition) is 7. The number of halogens is 1. The molecule has 1 aromatic carbocycles. The molecule has 4 heterocycles. The molecule has 4 aromatic rings. The van der Waals surface area contributed by atoms with Crippen LogP contribution >= 0.6 is 0 Å². The van der Waals surface area contributed by atoms with Crippen LogP contribution in [0.25, 0.3) is 22.2 Å². The van der Waals surface area contributed by atoms with Gasteiger partial charge in [0.2, 0.25) is 5.91 Å². The van der Waals surface area contributed by atoms with Crippen LogP contribution in [0, 0.1) is 12.7 Å². The molecule has 0 fully saturated rings. The number of carbonyl (C=O) groups excluding carboxylic acids is 1. The summed E-state index contributed by atoms with van der Waals surface area (Å²) < 4.78 is 22.6. The molecule has 0 aliphatic carbocycles. The first-order valence-corrected chi connectivity index (χ1v) is 10.3. The van der Waals surface area contributed by atoms with Gasteiger partial charge in [-0.05, 0) is 36.8 Å². The van der Waals surface area contributed by atoms with Gasteiger partial charge in [0.25, 0.3) is 0 Å². The second kappa shape index (κ2) is 7.97. The molecule has 0 spiro atoms. The van der Waals surface area contributed by atoms with Crippen LogP contribution in [0.2, 0.25) is 0 Å². The Morgan fingerprint density at radius 2 is 2.09 bits per heavy atom. The van der Waals surface area contributed by atoms with E-state index in [-0.39, 0.29) is 23.5 Å². The number of nitrogens with zero attached hydrogens (tertiary/aromatic N) is 6. The monoisotopic (exact) mass is 445 g/mol. The van der Waals surface area contributed by atoms with Gasteiger partial charge in [-0.2, -0.15) is 0 Å². The molecule has 5 rings (SSSR count). The number of nitrogen functional groups attached to an aromatic ring is 1. The molecule has 3 aromatic heterocycles. The van der Waals surface area contributed by atoms with Crippen molar-refractivity contribution < 1.29 is 13.9 Å². The maximum absolute atomic E-state index is 15.1. The average molecular weight is 445 g/mol. The molecule has 166 valence electrons. The molecule has 0 saturated carbocycles. The Bertz CT molecular complexity index is 1420. The van der Waals surface area contributed by atoms with Crippen molar-refractivity contribution in [3.63, 3.8) is 0 Å². The normalized spacial score (nSPS) is 13.1. The van der Waals surface area contributed by atoms with E-state index in [1.807, 2.05) is 4.57 Å². The number of ether oxygens (including phenoxy) is 1. The lowest BCUT2D eigenvalue weighted by molar-refractivity contribution is -0.127. The van der Waals surface area contributed by atoms with Crippen molar-refractivity contribution in [2.24, 2.45) is 0 Å². The first-order chi connectivity index (χ1) is 16.0. The number of rotatable bonds is 4. The van der Waals surface area contributed by atoms with Crippen LogP contribution in [0.4, 0.5) is 10.2 Å². The summed E-state index contributed by atoms with van der Waals surface area (Å²) in [4.78, 5) is 30.6. The largest absolute Gasteiger partial charge is 0.421 e. The van der Waals surface area contributed by atoms with Gasteiger partial charge in [0.1, 0.15) is 17.8 Å². The molecule has 1 amide bonds. The summed E-state index contributed by atoms with van der Waals surface area (Å²) in [5, 5.41) is 0.621. The van der Waals surface area contributed by atoms with E-state index in [9.17, 15) is 4.79 Å². The molecule has 1 aliphatic rings. The maximum Gasteiger partial charge on any atom is 0.322 e. The second-order valence-corrected chi connectivity index (χ2v) is 7.62. The predicted molar refractivity (Wildman–Crippen MR) is 120 cm³/mol. The number of anilines is 1. The summed E-state index contributed by atoms with van der Waals surface area (Å²) in [7, 11) is 0. The third-order valence-electron chi connectivity index (χ3n) is 5.59. The molecule has 10 heteroatoms. The van der Waals surface area contributed by atoms with Crippen LogP contribution in [-0.4, -0.2) is 41.9 Å². The van der Waals surface area contributed by atoms with Gasteiger partial charge in [0.05, 0.1) is 11.9 Å². The average Bonchev–Trinajstić information content (AvgIpc) is 3.15. The van der Waals surface area contributed by atoms with Gasteiger partial charge in [0, 0.05) is 36.2 Å². The number of hydrogen-bond donors (Lipinski definition) is 1. The first kappa shape index (κ1) is 20.6. The van der Waals surface area contributed by atoms with E-state index in [0.29, 0.717) is 47.5 Å². The van der Waals surface area contributed by atoms with Crippen LogP contribution < -0.4 is 10.5 Å². The van der Waals surface area contributed by atoms with Gasteiger partial charge >= 0.3 is 6.01 Å². The number of amides is 1. The van der Waals surface area contributed by atoms with Crippen LogP contribution in [-0.2, 0) is 17.9 Å². The molecule has 0 bridgehead atoms. The highest BCUT2D eigenvalue weighted by Crippen LogP contribution is 2.40. The van der Waals surface area contributed by atoms with Crippen LogP contribution in [0.1, 0.15) is 11.4 Å². The Hall–Kier alpha value is -4.34. The van der Waals surface area contributed by atoms with Crippen molar-refractivity contribution in [1.82, 2.24) is 29.4 Å². The summed E-state index contributed by atoms with van der Waals surface area (Å²) in [6, 6.07) is 6.39. The second-order valence-electron chi connectivity index (χ2n) is 7.62. The lowest BCUT2D eigenvalue weighted by Crippen LogP contribution is -2.37. The zero-order valence-corrected chi connectivity index (χ0v) is 17.8. The van der Waals surface area contributed by atoms with E-state index < -0.39 is 5.82 Å². The minimum atomic E-state index is -0.587. The molecular weight excluding hydrogens is 425 g/mol. The minimum Gasteiger partial charge on any atom is -0.421 e. The highest BCUT2D eigenvalue weighted by molar-refractivity contribution is 6.02. The fourth-order valence-corrected chi connectivity index (χ4v) is 4.07. The van der Waals surface area contributed by atoms with Crippen molar-refractivity contribution in [3.05, 3.63) is 66.6 Å². The number of nitrogens with two attached hydrogens (primary N) is 1. The van der Waals surface area contributed by atoms with Crippen molar-refractivity contribution in [2.45, 2.75) is 20.0 Å². The van der Waals surface area contributed by atoms with Gasteiger partial charge < -0.3 is 19.9 Å². The first-order valence-electron chi connectivity index (χ1n) is 10.3. The van der Waals surface area contributed by atoms with Crippen molar-refractivity contribution in [2.75, 3.05) is 12.3 Å². The standard InChI is InChI=1S/C23H20FN7O2/c1-3-18(32)30-8-9-31-16(11-30)19(20-21(25)27-12-28-22(20)31)14-4-5-17(15(24)10-14)33-23-26-7-6-13(2)29-23/h3-7,10,12H,1,8-9,11H2,2H3,(H2,25,27,28). The SMILES string of the molecule is C=CC(=O)N1CCn2c(c(-c3ccc(Oc4nccc(C)n4)c(F)c3)c3c(N)ncnc32)C1. The Morgan fingerprint density at radius 3 is 2.85 bits per heavy atom. The van der Waals surface area contributed by atoms with E-state index in [1.165, 1.54) is 24.5 Å². The molecular formula is C23H20FN7O2. The molecule has 0 unspecified atom stereocenters. The minimum absolute atomic E-state index is 0.00517. The molecule has 1 aliphatic heterocycles. The Kier molecular flexibility index (Phi) is 4.97. The van der Waals surface area contributed by atoms with Crippen molar-refractivity contribution >= 4 is 22.8 Å². The van der Waals surface area contributed by atoms with E-state index in [0.717, 1.165) is 5.69 Å². The predicted octanol–water partition coefficient (Wildman–Crippen LogP) is 3.24. The Morgan fingerprint density at radius 1 is 1.24 bits per heavy atom. The Labute approximate surface area is 188 Å². The number of carbonyl (C=O) groups is 1. The lowest BCUT2D eigenvalue weighted by Gasteiger charge is -2.28. The molecule has 0 radical (unpaired) electrons. The van der Waals surface area contributed by atoms with E-state index in [2.05, 4.69) is 26.5 Å². The van der Waals surface area contributed by atoms with Crippen LogP contribution in [0.3, 0.4) is 0 Å². The number of aryl methyl sites for hydroxylation is 1. The summed E-state index contributed by atoms with van der Waals surface area (Å²) in [5.74, 6) is -0.484. The molecule has 0 atom stereocenters. The highest BCUT2D eigenvalue weighted by Gasteiger charge is 2.28. The lowest BCUT2D eigenvalue weighted by atomic mass is 10.0. The van der Waals surface area contributed by atoms with Gasteiger partial charge in [-0.1, -0.05) is 12.6 Å². The third-order valence-corrected chi connectivity index (χ3v) is 5.59. The zero-order valence-electron chi connectivity index (χ0n) is 17.8. The summed E-state index contributed by atoms with van der Waals surface area (Å²) >= 11 is 0. The maximum atomic E-state index is 15.1. The van der Waals surface area contributed by atoms with E-state index in [4.69, 9.17) is 10.5 Å². The summed E-state index contributed by atoms with van der Waals surface area (Å²) in [6.45, 7) is 6.71. The molecule has 0 saturated heterocycles. The quantitative estimate of drug-likeness (QED) is 0.480. The van der Waals surface area contributed by atoms with Gasteiger partial charge in [-0.15, -0.1) is 0 Å². The van der Waals surface area contributed by atoms with E-state index >= 15 is 4.39 Å². The number of aromatic nitrogens is 5. The number of benzene rings is 1. The fraction of sp³-hybridized carbons (Fsp3) is 0.174. The van der Waals surface area contributed by atoms with Crippen molar-refractivity contribution in [1.29, 1.82) is 0 Å². The summed E-state index contributed by atoms with van der Waals surface area (Å²) in [5.41, 5.74) is 9.62. The Balaban J connectivity index is 1.62. The fourth-order valence-electron chi connectivity index (χ4n) is 4.07. The zero-order chi connectivity index (χ0) is 23.1. The van der Waals surface area contributed by atoms with Crippen molar-refractivity contribution in [3.8, 4) is 22.9 Å². The van der Waals surface area contributed by atoms with Gasteiger partial charge in [-0.3, -0.25) is 4.79 Å². The van der Waals surface area contributed by atoms with Crippen LogP contribution in [0.5, 0.6) is 11.8 Å². The molecule has 9 nitrogen and oxygen atoms in total. The third kappa shape index (κ3) is 3.55. The molecule has 33 heavy (non-hydrogen) atoms.